The number of hydrogen-bond acceptors (Lipinski definition) is 3. The maximum Gasteiger partial charge on any atom is 0.276 e. The number of hydrogen-bond donors (Lipinski definition) is 1. The van der Waals surface area contributed by atoms with E-state index in [1.807, 2.05) is 18.2 Å². The summed E-state index contributed by atoms with van der Waals surface area (Å²) >= 11 is 0. The summed E-state index contributed by atoms with van der Waals surface area (Å²) < 4.78 is 3.23. The van der Waals surface area contributed by atoms with Gasteiger partial charge in [0.25, 0.3) is 5.56 Å². The van der Waals surface area contributed by atoms with Gasteiger partial charge in [0, 0.05) is 37.0 Å². The first-order valence-electron chi connectivity index (χ1n) is 11.5. The lowest BCUT2D eigenvalue weighted by atomic mass is 10.0. The van der Waals surface area contributed by atoms with Crippen molar-refractivity contribution < 1.29 is 4.79 Å². The van der Waals surface area contributed by atoms with Crippen molar-refractivity contribution in [2.24, 2.45) is 0 Å². The second kappa shape index (κ2) is 9.50. The van der Waals surface area contributed by atoms with Crippen LogP contribution in [0.5, 0.6) is 0 Å². The van der Waals surface area contributed by atoms with E-state index >= 15 is 0 Å². The van der Waals surface area contributed by atoms with Crippen molar-refractivity contribution in [3.63, 3.8) is 0 Å². The third-order valence-corrected chi connectivity index (χ3v) is 6.28. The number of benzene rings is 1. The van der Waals surface area contributed by atoms with E-state index in [0.29, 0.717) is 24.4 Å². The summed E-state index contributed by atoms with van der Waals surface area (Å²) in [4.78, 5) is 25.3. The highest BCUT2D eigenvalue weighted by Crippen LogP contribution is 2.22. The van der Waals surface area contributed by atoms with Crippen LogP contribution in [0, 0.1) is 0 Å². The molecule has 31 heavy (non-hydrogen) atoms. The van der Waals surface area contributed by atoms with E-state index in [9.17, 15) is 9.59 Å². The third-order valence-electron chi connectivity index (χ3n) is 6.28. The molecule has 0 bridgehead atoms. The first-order chi connectivity index (χ1) is 15.0. The van der Waals surface area contributed by atoms with Gasteiger partial charge >= 0.3 is 0 Å². The molecule has 0 aliphatic heterocycles. The van der Waals surface area contributed by atoms with E-state index in [4.69, 9.17) is 0 Å². The van der Waals surface area contributed by atoms with Gasteiger partial charge in [-0.3, -0.25) is 9.59 Å². The minimum atomic E-state index is -0.123. The average Bonchev–Trinajstić information content (AvgIpc) is 3.05. The molecule has 6 nitrogen and oxygen atoms in total. The summed E-state index contributed by atoms with van der Waals surface area (Å²) in [5, 5.41) is 7.72. The predicted molar refractivity (Wildman–Crippen MR) is 123 cm³/mol. The van der Waals surface area contributed by atoms with Crippen molar-refractivity contribution in [2.75, 3.05) is 0 Å². The van der Waals surface area contributed by atoms with Crippen molar-refractivity contribution in [3.8, 4) is 11.3 Å². The Labute approximate surface area is 183 Å². The number of fused-ring (bicyclic) bond motifs is 1. The fourth-order valence-corrected chi connectivity index (χ4v) is 4.33. The SMILES string of the molecule is CC(C)c1ccc(-c2cc3c(=O)n(CCC(=O)NC4CCCCCC4)ccn3n2)cc1. The molecule has 1 fully saturated rings. The van der Waals surface area contributed by atoms with E-state index in [1.54, 1.807) is 21.5 Å². The maximum absolute atomic E-state index is 12.9. The van der Waals surface area contributed by atoms with Gasteiger partial charge in [0.1, 0.15) is 5.52 Å². The molecule has 1 amide bonds. The summed E-state index contributed by atoms with van der Waals surface area (Å²) in [6, 6.07) is 10.4. The molecule has 1 N–H and O–H groups in total. The zero-order valence-corrected chi connectivity index (χ0v) is 18.5. The summed E-state index contributed by atoms with van der Waals surface area (Å²) in [5.41, 5.74) is 3.44. The van der Waals surface area contributed by atoms with Crippen molar-refractivity contribution in [3.05, 3.63) is 58.6 Å². The lowest BCUT2D eigenvalue weighted by Crippen LogP contribution is -2.35. The van der Waals surface area contributed by atoms with Crippen LogP contribution in [-0.2, 0) is 11.3 Å². The number of rotatable bonds is 6. The summed E-state index contributed by atoms with van der Waals surface area (Å²) in [5.74, 6) is 0.500. The molecule has 2 heterocycles. The van der Waals surface area contributed by atoms with Gasteiger partial charge in [0.15, 0.2) is 0 Å². The fourth-order valence-electron chi connectivity index (χ4n) is 4.33. The largest absolute Gasteiger partial charge is 0.353 e. The number of amides is 1. The Morgan fingerprint density at radius 3 is 2.48 bits per heavy atom. The van der Waals surface area contributed by atoms with Crippen LogP contribution in [0.25, 0.3) is 16.8 Å². The molecule has 164 valence electrons. The van der Waals surface area contributed by atoms with Gasteiger partial charge in [-0.15, -0.1) is 0 Å². The van der Waals surface area contributed by atoms with Crippen LogP contribution < -0.4 is 10.9 Å². The van der Waals surface area contributed by atoms with Crippen LogP contribution in [0.15, 0.2) is 47.5 Å². The average molecular weight is 421 g/mol. The molecule has 0 spiro atoms. The van der Waals surface area contributed by atoms with Crippen LogP contribution in [-0.4, -0.2) is 26.1 Å². The molecule has 1 aliphatic carbocycles. The van der Waals surface area contributed by atoms with Gasteiger partial charge in [-0.2, -0.15) is 5.10 Å². The van der Waals surface area contributed by atoms with Crippen LogP contribution in [0.1, 0.15) is 70.3 Å². The van der Waals surface area contributed by atoms with E-state index in [2.05, 4.69) is 36.4 Å². The Kier molecular flexibility index (Phi) is 6.54. The third kappa shape index (κ3) is 5.06. The first kappa shape index (κ1) is 21.3. The highest BCUT2D eigenvalue weighted by atomic mass is 16.2. The lowest BCUT2D eigenvalue weighted by Gasteiger charge is -2.16. The van der Waals surface area contributed by atoms with Crippen molar-refractivity contribution in [1.82, 2.24) is 19.5 Å². The zero-order chi connectivity index (χ0) is 21.8. The van der Waals surface area contributed by atoms with Crippen LogP contribution in [0.2, 0.25) is 0 Å². The van der Waals surface area contributed by atoms with Gasteiger partial charge in [-0.25, -0.2) is 4.52 Å². The Morgan fingerprint density at radius 2 is 1.81 bits per heavy atom. The molecule has 1 aromatic carbocycles. The molecule has 2 aromatic heterocycles. The number of carbonyl (C=O) groups is 1. The van der Waals surface area contributed by atoms with E-state index < -0.39 is 0 Å². The normalized spacial score (nSPS) is 15.3. The summed E-state index contributed by atoms with van der Waals surface area (Å²) in [6.07, 6.45) is 10.8. The van der Waals surface area contributed by atoms with Gasteiger partial charge in [0.05, 0.1) is 5.69 Å². The summed E-state index contributed by atoms with van der Waals surface area (Å²) in [6.45, 7) is 4.70. The van der Waals surface area contributed by atoms with Crippen LogP contribution in [0.3, 0.4) is 0 Å². The molecular weight excluding hydrogens is 388 g/mol. The molecule has 0 atom stereocenters. The standard InChI is InChI=1S/C25H32N4O2/c1-18(2)19-9-11-20(12-10-19)22-17-23-25(31)28(15-16-29(23)27-22)14-13-24(30)26-21-7-5-3-4-6-8-21/h9-12,15-18,21H,3-8,13-14H2,1-2H3,(H,26,30). The minimum Gasteiger partial charge on any atom is -0.353 e. The smallest absolute Gasteiger partial charge is 0.276 e. The molecule has 1 aliphatic rings. The van der Waals surface area contributed by atoms with Crippen LogP contribution in [0.4, 0.5) is 0 Å². The van der Waals surface area contributed by atoms with Crippen molar-refractivity contribution in [1.29, 1.82) is 0 Å². The molecule has 0 saturated heterocycles. The number of nitrogens with one attached hydrogen (secondary N) is 1. The van der Waals surface area contributed by atoms with Gasteiger partial charge < -0.3 is 9.88 Å². The number of nitrogens with zero attached hydrogens (tertiary/aromatic N) is 3. The summed E-state index contributed by atoms with van der Waals surface area (Å²) in [7, 11) is 0. The number of aryl methyl sites for hydroxylation is 1. The van der Waals surface area contributed by atoms with Gasteiger partial charge in [-0.05, 0) is 30.4 Å². The molecule has 4 rings (SSSR count). The van der Waals surface area contributed by atoms with E-state index in [1.165, 1.54) is 31.2 Å². The maximum atomic E-state index is 12.9. The quantitative estimate of drug-likeness (QED) is 0.596. The van der Waals surface area contributed by atoms with Crippen LogP contribution >= 0.6 is 0 Å². The van der Waals surface area contributed by atoms with Crippen molar-refractivity contribution >= 4 is 11.4 Å². The Balaban J connectivity index is 1.45. The predicted octanol–water partition coefficient (Wildman–Crippen LogP) is 4.52. The molecule has 0 radical (unpaired) electrons. The first-order valence-corrected chi connectivity index (χ1v) is 11.5. The van der Waals surface area contributed by atoms with Crippen molar-refractivity contribution in [2.45, 2.75) is 77.3 Å². The molecule has 3 aromatic rings. The number of aromatic nitrogens is 3. The minimum absolute atomic E-state index is 0.0260. The molecule has 6 heteroatoms. The topological polar surface area (TPSA) is 68.4 Å². The van der Waals surface area contributed by atoms with Gasteiger partial charge in [-0.1, -0.05) is 63.8 Å². The Morgan fingerprint density at radius 1 is 1.10 bits per heavy atom. The fraction of sp³-hybridized carbons (Fsp3) is 0.480. The lowest BCUT2D eigenvalue weighted by molar-refractivity contribution is -0.122. The highest BCUT2D eigenvalue weighted by molar-refractivity contribution is 5.76. The van der Waals surface area contributed by atoms with E-state index in [-0.39, 0.29) is 17.5 Å². The van der Waals surface area contributed by atoms with Gasteiger partial charge in [0.2, 0.25) is 5.91 Å². The molecular formula is C25H32N4O2. The Hall–Kier alpha value is -2.89. The molecule has 0 unspecified atom stereocenters. The zero-order valence-electron chi connectivity index (χ0n) is 18.5. The van der Waals surface area contributed by atoms with E-state index in [0.717, 1.165) is 24.1 Å². The molecule has 1 saturated carbocycles. The monoisotopic (exact) mass is 420 g/mol. The highest BCUT2D eigenvalue weighted by Gasteiger charge is 2.15. The second-order valence-corrected chi connectivity index (χ2v) is 8.94. The number of carbonyl (C=O) groups excluding carboxylic acids is 1. The second-order valence-electron chi connectivity index (χ2n) is 8.94. The Bertz CT molecular complexity index is 1090.